The summed E-state index contributed by atoms with van der Waals surface area (Å²) >= 11 is 5.87. The Morgan fingerprint density at radius 2 is 1.90 bits per heavy atom. The third-order valence-electron chi connectivity index (χ3n) is 2.23. The molecule has 1 unspecified atom stereocenters. The first-order chi connectivity index (χ1) is 9.30. The molecular weight excluding hydrogens is 301 g/mol. The van der Waals surface area contributed by atoms with Crippen molar-refractivity contribution in [3.8, 4) is 5.75 Å². The first kappa shape index (κ1) is 17.0. The van der Waals surface area contributed by atoms with Crippen LogP contribution in [0.3, 0.4) is 0 Å². The summed E-state index contributed by atoms with van der Waals surface area (Å²) in [4.78, 5) is 11.6. The highest BCUT2D eigenvalue weighted by Gasteiger charge is 2.27. The quantitative estimate of drug-likeness (QED) is 0.616. The molecule has 1 N–H and O–H groups in total. The monoisotopic (exact) mass is 319 g/mol. The smallest absolute Gasteiger partial charge is 0.323 e. The Kier molecular flexibility index (Phi) is 6.53. The lowest BCUT2D eigenvalue weighted by molar-refractivity contribution is -0.148. The molecule has 0 aliphatic heterocycles. The fourth-order valence-electron chi connectivity index (χ4n) is 1.39. The Morgan fingerprint density at radius 3 is 2.45 bits per heavy atom. The number of ether oxygens (including phenoxy) is 2. The molecule has 20 heavy (non-hydrogen) atoms. The fourth-order valence-corrected chi connectivity index (χ4v) is 3.05. The second kappa shape index (κ2) is 7.67. The van der Waals surface area contributed by atoms with Gasteiger partial charge in [0.05, 0.1) is 6.10 Å². The minimum atomic E-state index is -3.31. The molecule has 1 aromatic carbocycles. The van der Waals surface area contributed by atoms with E-state index in [0.29, 0.717) is 5.75 Å². The van der Waals surface area contributed by atoms with Gasteiger partial charge in [0.2, 0.25) is 0 Å². The van der Waals surface area contributed by atoms with Gasteiger partial charge in [-0.05, 0) is 44.1 Å². The number of benzene rings is 1. The molecule has 112 valence electrons. The van der Waals surface area contributed by atoms with E-state index in [4.69, 9.17) is 20.7 Å². The Labute approximate surface area is 123 Å². The predicted molar refractivity (Wildman–Crippen MR) is 79.2 cm³/mol. The van der Waals surface area contributed by atoms with Crippen LogP contribution in [0.15, 0.2) is 30.3 Å². The Hall–Kier alpha value is -1.03. The molecule has 2 atom stereocenters. The molecule has 0 saturated heterocycles. The van der Waals surface area contributed by atoms with Crippen molar-refractivity contribution in [2.45, 2.75) is 32.9 Å². The minimum Gasteiger partial charge on any atom is -0.483 e. The lowest BCUT2D eigenvalue weighted by Gasteiger charge is -2.19. The van der Waals surface area contributed by atoms with E-state index >= 15 is 0 Å². The molecule has 0 saturated carbocycles. The summed E-state index contributed by atoms with van der Waals surface area (Å²) in [5.74, 6) is 0.0631. The molecule has 0 aliphatic rings. The molecule has 0 heterocycles. The molecule has 0 radical (unpaired) electrons. The van der Waals surface area contributed by atoms with Crippen LogP contribution >= 0.6 is 17.9 Å². The van der Waals surface area contributed by atoms with Crippen LogP contribution in [-0.2, 0) is 14.1 Å². The topological polar surface area (TPSA) is 64.6 Å². The summed E-state index contributed by atoms with van der Waals surface area (Å²) in [6.45, 7) is 1.71. The van der Waals surface area contributed by atoms with Crippen LogP contribution in [0.4, 0.5) is 0 Å². The van der Waals surface area contributed by atoms with E-state index in [1.54, 1.807) is 45.0 Å². The standard InChI is InChI=1S/C13H19ClNO4P/c1-10(2)19-13(16)11(3)15-20(14,17)9-18-12-7-5-4-6-8-12/h4-8,10-11H,9H2,1-3H3,(H,15,17)/t11-,20?/m0/s1. The SMILES string of the molecule is CC(C)OC(=O)[C@H](C)NP(=O)(Cl)COc1ccccc1. The number of para-hydroxylation sites is 1. The second-order valence-electron chi connectivity index (χ2n) is 4.57. The van der Waals surface area contributed by atoms with Gasteiger partial charge in [-0.2, -0.15) is 0 Å². The molecule has 5 nitrogen and oxygen atoms in total. The van der Waals surface area contributed by atoms with E-state index in [1.165, 1.54) is 0 Å². The minimum absolute atomic E-state index is 0.210. The first-order valence-corrected chi connectivity index (χ1v) is 9.05. The first-order valence-electron chi connectivity index (χ1n) is 6.25. The Balaban J connectivity index is 2.48. The fraction of sp³-hybridized carbons (Fsp3) is 0.462. The van der Waals surface area contributed by atoms with Crippen molar-refractivity contribution in [1.29, 1.82) is 0 Å². The number of hydrogen-bond acceptors (Lipinski definition) is 4. The van der Waals surface area contributed by atoms with Crippen LogP contribution in [0.1, 0.15) is 20.8 Å². The predicted octanol–water partition coefficient (Wildman–Crippen LogP) is 3.38. The second-order valence-corrected chi connectivity index (χ2v) is 8.03. The van der Waals surface area contributed by atoms with Gasteiger partial charge in [-0.1, -0.05) is 18.2 Å². The van der Waals surface area contributed by atoms with Gasteiger partial charge in [0.1, 0.15) is 11.8 Å². The number of esters is 1. The summed E-state index contributed by atoms with van der Waals surface area (Å²) < 4.78 is 22.4. The zero-order valence-electron chi connectivity index (χ0n) is 11.7. The highest BCUT2D eigenvalue weighted by atomic mass is 35.7. The van der Waals surface area contributed by atoms with Gasteiger partial charge in [-0.25, -0.2) is 5.09 Å². The van der Waals surface area contributed by atoms with Gasteiger partial charge in [0.15, 0.2) is 6.35 Å². The molecule has 0 aliphatic carbocycles. The number of nitrogens with one attached hydrogen (secondary N) is 1. The van der Waals surface area contributed by atoms with Crippen molar-refractivity contribution < 1.29 is 18.8 Å². The number of rotatable bonds is 7. The van der Waals surface area contributed by atoms with Crippen molar-refractivity contribution >= 4 is 23.9 Å². The highest BCUT2D eigenvalue weighted by molar-refractivity contribution is 7.87. The van der Waals surface area contributed by atoms with E-state index in [1.807, 2.05) is 6.07 Å². The zero-order chi connectivity index (χ0) is 15.2. The number of carbonyl (C=O) groups is 1. The lowest BCUT2D eigenvalue weighted by Crippen LogP contribution is -2.34. The van der Waals surface area contributed by atoms with E-state index in [-0.39, 0.29) is 12.5 Å². The van der Waals surface area contributed by atoms with Crippen LogP contribution in [0.25, 0.3) is 0 Å². The number of halogens is 1. The molecule has 0 bridgehead atoms. The Morgan fingerprint density at radius 1 is 1.30 bits per heavy atom. The molecule has 0 fully saturated rings. The van der Waals surface area contributed by atoms with Crippen molar-refractivity contribution in [2.75, 3.05) is 6.35 Å². The van der Waals surface area contributed by atoms with Gasteiger partial charge in [-0.15, -0.1) is 0 Å². The van der Waals surface area contributed by atoms with Gasteiger partial charge < -0.3 is 9.47 Å². The van der Waals surface area contributed by atoms with Crippen LogP contribution in [0.5, 0.6) is 5.75 Å². The van der Waals surface area contributed by atoms with Crippen molar-refractivity contribution in [2.24, 2.45) is 0 Å². The molecule has 0 aromatic heterocycles. The van der Waals surface area contributed by atoms with E-state index in [9.17, 15) is 9.36 Å². The van der Waals surface area contributed by atoms with Gasteiger partial charge in [0.25, 0.3) is 6.65 Å². The summed E-state index contributed by atoms with van der Waals surface area (Å²) in [6.07, 6.45) is -0.445. The highest BCUT2D eigenvalue weighted by Crippen LogP contribution is 2.47. The molecule has 1 aromatic rings. The van der Waals surface area contributed by atoms with Crippen molar-refractivity contribution in [3.63, 3.8) is 0 Å². The van der Waals surface area contributed by atoms with Crippen LogP contribution in [-0.4, -0.2) is 24.5 Å². The van der Waals surface area contributed by atoms with Gasteiger partial charge >= 0.3 is 5.97 Å². The molecule has 7 heteroatoms. The summed E-state index contributed by atoms with van der Waals surface area (Å²) in [7, 11) is 0. The zero-order valence-corrected chi connectivity index (χ0v) is 13.4. The largest absolute Gasteiger partial charge is 0.483 e. The number of hydrogen-bond donors (Lipinski definition) is 1. The lowest BCUT2D eigenvalue weighted by atomic mass is 10.3. The normalized spacial score (nSPS) is 15.4. The maximum Gasteiger partial charge on any atom is 0.323 e. The van der Waals surface area contributed by atoms with E-state index in [2.05, 4.69) is 5.09 Å². The van der Waals surface area contributed by atoms with E-state index in [0.717, 1.165) is 0 Å². The van der Waals surface area contributed by atoms with Gasteiger partial charge in [-0.3, -0.25) is 9.36 Å². The third-order valence-corrected chi connectivity index (χ3v) is 4.05. The molecule has 0 amide bonds. The average molecular weight is 320 g/mol. The average Bonchev–Trinajstić information content (AvgIpc) is 2.36. The maximum atomic E-state index is 12.1. The summed E-state index contributed by atoms with van der Waals surface area (Å²) in [5, 5.41) is 2.55. The third kappa shape index (κ3) is 6.42. The molecule has 1 rings (SSSR count). The van der Waals surface area contributed by atoms with Crippen LogP contribution in [0, 0.1) is 0 Å². The molecule has 0 spiro atoms. The van der Waals surface area contributed by atoms with Crippen molar-refractivity contribution in [1.82, 2.24) is 5.09 Å². The van der Waals surface area contributed by atoms with Gasteiger partial charge in [0, 0.05) is 0 Å². The van der Waals surface area contributed by atoms with Crippen LogP contribution < -0.4 is 9.82 Å². The maximum absolute atomic E-state index is 12.1. The van der Waals surface area contributed by atoms with Crippen molar-refractivity contribution in [3.05, 3.63) is 30.3 Å². The molecular formula is C13H19ClNO4P. The Bertz CT molecular complexity index is 481. The van der Waals surface area contributed by atoms with E-state index < -0.39 is 18.7 Å². The van der Waals surface area contributed by atoms with Crippen LogP contribution in [0.2, 0.25) is 0 Å². The summed E-state index contributed by atoms with van der Waals surface area (Å²) in [6, 6.07) is 8.13. The summed E-state index contributed by atoms with van der Waals surface area (Å²) in [5.41, 5.74) is 0. The number of carbonyl (C=O) groups excluding carboxylic acids is 1.